The lowest BCUT2D eigenvalue weighted by Crippen LogP contribution is -2.26. The fourth-order valence-electron chi connectivity index (χ4n) is 2.55. The second kappa shape index (κ2) is 6.18. The minimum atomic E-state index is -0.115. The first-order valence-electron chi connectivity index (χ1n) is 6.86. The molecule has 0 aliphatic rings. The summed E-state index contributed by atoms with van der Waals surface area (Å²) in [5.74, 6) is 0. The van der Waals surface area contributed by atoms with E-state index in [1.54, 1.807) is 23.2 Å². The summed E-state index contributed by atoms with van der Waals surface area (Å²) in [5.41, 5.74) is 3.44. The van der Waals surface area contributed by atoms with E-state index in [2.05, 4.69) is 9.97 Å². The number of halogens is 1. The Labute approximate surface area is 123 Å². The van der Waals surface area contributed by atoms with Crippen molar-refractivity contribution in [3.8, 4) is 11.3 Å². The van der Waals surface area contributed by atoms with Crippen LogP contribution in [0.3, 0.4) is 0 Å². The van der Waals surface area contributed by atoms with Gasteiger partial charge in [-0.1, -0.05) is 25.4 Å². The maximum absolute atomic E-state index is 12.3. The third-order valence-electron chi connectivity index (χ3n) is 3.44. The predicted molar refractivity (Wildman–Crippen MR) is 81.2 cm³/mol. The van der Waals surface area contributed by atoms with Crippen LogP contribution in [-0.4, -0.2) is 14.5 Å². The van der Waals surface area contributed by atoms with Crippen LogP contribution in [0.4, 0.5) is 0 Å². The molecule has 0 aromatic carbocycles. The summed E-state index contributed by atoms with van der Waals surface area (Å²) in [6.07, 6.45) is 6.45. The van der Waals surface area contributed by atoms with E-state index in [-0.39, 0.29) is 5.56 Å². The summed E-state index contributed by atoms with van der Waals surface area (Å²) in [4.78, 5) is 20.8. The number of pyridine rings is 1. The highest BCUT2D eigenvalue weighted by atomic mass is 35.5. The third kappa shape index (κ3) is 2.36. The fraction of sp³-hybridized carbons (Fsp3) is 0.400. The average Bonchev–Trinajstić information content (AvgIpc) is 2.50. The molecule has 0 saturated carbocycles. The van der Waals surface area contributed by atoms with E-state index in [4.69, 9.17) is 11.6 Å². The standard InChI is InChI=1S/C15H18ClN3O/c1-4-10-13(11-9-17-7-8-18-11)12(5-2)19(6-3)15(20)14(10)16/h7-9H,4-6H2,1-3H3. The summed E-state index contributed by atoms with van der Waals surface area (Å²) in [7, 11) is 0. The van der Waals surface area contributed by atoms with Gasteiger partial charge in [0.05, 0.1) is 11.9 Å². The van der Waals surface area contributed by atoms with E-state index in [0.29, 0.717) is 18.0 Å². The molecule has 2 heterocycles. The molecule has 4 nitrogen and oxygen atoms in total. The van der Waals surface area contributed by atoms with Gasteiger partial charge in [-0.25, -0.2) is 0 Å². The SMILES string of the molecule is CCc1c(-c2cnccn2)c(CC)n(CC)c(=O)c1Cl. The van der Waals surface area contributed by atoms with Crippen LogP contribution in [0.15, 0.2) is 23.4 Å². The van der Waals surface area contributed by atoms with Crippen LogP contribution >= 0.6 is 11.6 Å². The van der Waals surface area contributed by atoms with Crippen LogP contribution in [0.1, 0.15) is 32.0 Å². The lowest BCUT2D eigenvalue weighted by molar-refractivity contribution is 0.679. The molecule has 0 unspecified atom stereocenters. The van der Waals surface area contributed by atoms with E-state index in [9.17, 15) is 4.79 Å². The van der Waals surface area contributed by atoms with Crippen LogP contribution in [0, 0.1) is 0 Å². The fourth-order valence-corrected chi connectivity index (χ4v) is 2.88. The largest absolute Gasteiger partial charge is 0.311 e. The van der Waals surface area contributed by atoms with Gasteiger partial charge in [-0.3, -0.25) is 14.8 Å². The van der Waals surface area contributed by atoms with Crippen molar-refractivity contribution in [2.24, 2.45) is 0 Å². The van der Waals surface area contributed by atoms with Gasteiger partial charge in [0.2, 0.25) is 0 Å². The zero-order chi connectivity index (χ0) is 14.7. The Morgan fingerprint density at radius 2 is 1.95 bits per heavy atom. The molecule has 0 spiro atoms. The minimum absolute atomic E-state index is 0.115. The molecule has 0 radical (unpaired) electrons. The van der Waals surface area contributed by atoms with Crippen molar-refractivity contribution < 1.29 is 0 Å². The van der Waals surface area contributed by atoms with E-state index in [1.165, 1.54) is 0 Å². The van der Waals surface area contributed by atoms with Crippen molar-refractivity contribution >= 4 is 11.6 Å². The van der Waals surface area contributed by atoms with Crippen molar-refractivity contribution in [1.82, 2.24) is 14.5 Å². The molecule has 0 aliphatic carbocycles. The van der Waals surface area contributed by atoms with Gasteiger partial charge in [-0.05, 0) is 25.3 Å². The molecule has 0 N–H and O–H groups in total. The quantitative estimate of drug-likeness (QED) is 0.869. The summed E-state index contributed by atoms with van der Waals surface area (Å²) in [6, 6.07) is 0. The minimum Gasteiger partial charge on any atom is -0.311 e. The van der Waals surface area contributed by atoms with Gasteiger partial charge < -0.3 is 4.57 Å². The Hall–Kier alpha value is -1.68. The highest BCUT2D eigenvalue weighted by molar-refractivity contribution is 6.31. The first kappa shape index (κ1) is 14.7. The third-order valence-corrected chi connectivity index (χ3v) is 3.83. The summed E-state index contributed by atoms with van der Waals surface area (Å²) in [6.45, 7) is 6.58. The number of aromatic nitrogens is 3. The van der Waals surface area contributed by atoms with Gasteiger partial charge in [0.1, 0.15) is 5.02 Å². The summed E-state index contributed by atoms with van der Waals surface area (Å²) < 4.78 is 1.73. The first-order chi connectivity index (χ1) is 9.65. The number of hydrogen-bond acceptors (Lipinski definition) is 3. The van der Waals surface area contributed by atoms with E-state index < -0.39 is 0 Å². The molecule has 20 heavy (non-hydrogen) atoms. The molecule has 0 saturated heterocycles. The Kier molecular flexibility index (Phi) is 4.55. The maximum Gasteiger partial charge on any atom is 0.269 e. The maximum atomic E-state index is 12.3. The summed E-state index contributed by atoms with van der Waals surface area (Å²) in [5, 5.41) is 0.298. The van der Waals surface area contributed by atoms with Gasteiger partial charge >= 0.3 is 0 Å². The van der Waals surface area contributed by atoms with Crippen molar-refractivity contribution in [2.45, 2.75) is 40.2 Å². The van der Waals surface area contributed by atoms with Gasteiger partial charge in [0, 0.05) is 30.2 Å². The average molecular weight is 292 g/mol. The lowest BCUT2D eigenvalue weighted by Gasteiger charge is -2.19. The van der Waals surface area contributed by atoms with Crippen LogP contribution in [0.2, 0.25) is 5.02 Å². The van der Waals surface area contributed by atoms with Crippen LogP contribution in [0.25, 0.3) is 11.3 Å². The highest BCUT2D eigenvalue weighted by Crippen LogP contribution is 2.29. The first-order valence-corrected chi connectivity index (χ1v) is 7.23. The molecular formula is C15H18ClN3O. The van der Waals surface area contributed by atoms with Crippen molar-refractivity contribution in [2.75, 3.05) is 0 Å². The lowest BCUT2D eigenvalue weighted by atomic mass is 9.99. The molecule has 106 valence electrons. The molecule has 2 rings (SSSR count). The molecule has 0 amide bonds. The van der Waals surface area contributed by atoms with E-state index in [0.717, 1.165) is 28.9 Å². The molecule has 2 aromatic rings. The Bertz CT molecular complexity index is 665. The monoisotopic (exact) mass is 291 g/mol. The molecule has 2 aromatic heterocycles. The van der Waals surface area contributed by atoms with Crippen molar-refractivity contribution in [3.05, 3.63) is 45.2 Å². The second-order valence-corrected chi connectivity index (χ2v) is 4.84. The zero-order valence-corrected chi connectivity index (χ0v) is 12.7. The molecular weight excluding hydrogens is 274 g/mol. The smallest absolute Gasteiger partial charge is 0.269 e. The molecule has 0 bridgehead atoms. The van der Waals surface area contributed by atoms with Crippen LogP contribution in [0.5, 0.6) is 0 Å². The van der Waals surface area contributed by atoms with Gasteiger partial charge in [-0.15, -0.1) is 0 Å². The topological polar surface area (TPSA) is 47.8 Å². The van der Waals surface area contributed by atoms with Gasteiger partial charge in [0.25, 0.3) is 5.56 Å². The Morgan fingerprint density at radius 1 is 1.20 bits per heavy atom. The van der Waals surface area contributed by atoms with E-state index in [1.807, 2.05) is 20.8 Å². The number of hydrogen-bond donors (Lipinski definition) is 0. The van der Waals surface area contributed by atoms with Gasteiger partial charge in [0.15, 0.2) is 0 Å². The number of rotatable bonds is 4. The second-order valence-electron chi connectivity index (χ2n) is 4.46. The van der Waals surface area contributed by atoms with Crippen LogP contribution < -0.4 is 5.56 Å². The number of nitrogens with zero attached hydrogens (tertiary/aromatic N) is 3. The van der Waals surface area contributed by atoms with Crippen LogP contribution in [-0.2, 0) is 19.4 Å². The van der Waals surface area contributed by atoms with E-state index >= 15 is 0 Å². The highest BCUT2D eigenvalue weighted by Gasteiger charge is 2.20. The normalized spacial score (nSPS) is 10.8. The van der Waals surface area contributed by atoms with Crippen molar-refractivity contribution in [3.63, 3.8) is 0 Å². The summed E-state index contributed by atoms with van der Waals surface area (Å²) >= 11 is 6.28. The van der Waals surface area contributed by atoms with Crippen molar-refractivity contribution in [1.29, 1.82) is 0 Å². The molecule has 0 atom stereocenters. The predicted octanol–water partition coefficient (Wildman–Crippen LogP) is 3.10. The molecule has 5 heteroatoms. The Morgan fingerprint density at radius 3 is 2.45 bits per heavy atom. The molecule has 0 fully saturated rings. The Balaban J connectivity index is 2.90. The molecule has 0 aliphatic heterocycles. The zero-order valence-electron chi connectivity index (χ0n) is 12.0. The van der Waals surface area contributed by atoms with Gasteiger partial charge in [-0.2, -0.15) is 0 Å².